The summed E-state index contributed by atoms with van der Waals surface area (Å²) in [5.41, 5.74) is 0.515. The van der Waals surface area contributed by atoms with E-state index in [0.717, 1.165) is 0 Å². The van der Waals surface area contributed by atoms with Crippen molar-refractivity contribution in [3.8, 4) is 17.2 Å². The summed E-state index contributed by atoms with van der Waals surface area (Å²) in [5.74, 6) is 0.123. The fraction of sp³-hybridized carbons (Fsp3) is 0.385. The highest BCUT2D eigenvalue weighted by atomic mass is 16.5. The Hall–Kier alpha value is -1.68. The van der Waals surface area contributed by atoms with Gasteiger partial charge in [-0.15, -0.1) is 0 Å². The number of benzene rings is 1. The van der Waals surface area contributed by atoms with E-state index < -0.39 is 6.10 Å². The van der Waals surface area contributed by atoms with Crippen molar-refractivity contribution in [2.75, 3.05) is 0 Å². The van der Waals surface area contributed by atoms with Crippen molar-refractivity contribution in [3.63, 3.8) is 0 Å². The zero-order chi connectivity index (χ0) is 13.0. The summed E-state index contributed by atoms with van der Waals surface area (Å²) >= 11 is 0. The maximum absolute atomic E-state index is 9.70. The highest BCUT2D eigenvalue weighted by Crippen LogP contribution is 2.39. The fourth-order valence-electron chi connectivity index (χ4n) is 1.35. The lowest BCUT2D eigenvalue weighted by molar-refractivity contribution is 0.172. The molecule has 0 aliphatic carbocycles. The molecule has 0 saturated heterocycles. The second-order valence-electron chi connectivity index (χ2n) is 3.81. The minimum atomic E-state index is -0.685. The molecule has 1 rings (SSSR count). The van der Waals surface area contributed by atoms with E-state index in [1.807, 2.05) is 6.92 Å². The van der Waals surface area contributed by atoms with Crippen LogP contribution in [0.3, 0.4) is 0 Å². The Labute approximate surface area is 101 Å². The van der Waals surface area contributed by atoms with Crippen LogP contribution in [0.4, 0.5) is 0 Å². The third-order valence-corrected chi connectivity index (χ3v) is 2.53. The van der Waals surface area contributed by atoms with Crippen LogP contribution in [0, 0.1) is 0 Å². The summed E-state index contributed by atoms with van der Waals surface area (Å²) in [5, 5.41) is 28.9. The van der Waals surface area contributed by atoms with Crippen molar-refractivity contribution < 1.29 is 20.1 Å². The van der Waals surface area contributed by atoms with E-state index in [0.29, 0.717) is 17.7 Å². The Kier molecular flexibility index (Phi) is 4.40. The smallest absolute Gasteiger partial charge is 0.201 e. The van der Waals surface area contributed by atoms with E-state index in [2.05, 4.69) is 0 Å². The molecule has 0 amide bonds. The molecular weight excluding hydrogens is 220 g/mol. The predicted molar refractivity (Wildman–Crippen MR) is 65.1 cm³/mol. The Morgan fingerprint density at radius 2 is 2.06 bits per heavy atom. The third-order valence-electron chi connectivity index (χ3n) is 2.53. The molecule has 1 atom stereocenters. The van der Waals surface area contributed by atoms with Crippen molar-refractivity contribution >= 4 is 0 Å². The zero-order valence-electron chi connectivity index (χ0n) is 10.3. The lowest BCUT2D eigenvalue weighted by atomic mass is 10.1. The van der Waals surface area contributed by atoms with Crippen LogP contribution in [0.25, 0.3) is 0 Å². The summed E-state index contributed by atoms with van der Waals surface area (Å²) in [4.78, 5) is 0. The van der Waals surface area contributed by atoms with Gasteiger partial charge in [0.1, 0.15) is 0 Å². The Morgan fingerprint density at radius 3 is 2.59 bits per heavy atom. The maximum Gasteiger partial charge on any atom is 0.201 e. The van der Waals surface area contributed by atoms with Crippen LogP contribution >= 0.6 is 0 Å². The van der Waals surface area contributed by atoms with Crippen molar-refractivity contribution in [1.29, 1.82) is 0 Å². The zero-order valence-corrected chi connectivity index (χ0v) is 10.3. The van der Waals surface area contributed by atoms with Crippen LogP contribution in [0.1, 0.15) is 38.9 Å². The largest absolute Gasteiger partial charge is 0.504 e. The normalized spacial score (nSPS) is 13.5. The van der Waals surface area contributed by atoms with Gasteiger partial charge in [0.05, 0.1) is 11.9 Å². The summed E-state index contributed by atoms with van der Waals surface area (Å²) in [6.45, 7) is 5.36. The first-order valence-corrected chi connectivity index (χ1v) is 5.54. The maximum atomic E-state index is 9.70. The van der Waals surface area contributed by atoms with Gasteiger partial charge < -0.3 is 20.1 Å². The lowest BCUT2D eigenvalue weighted by Crippen LogP contribution is -1.97. The molecule has 0 radical (unpaired) electrons. The van der Waals surface area contributed by atoms with Gasteiger partial charge in [-0.3, -0.25) is 0 Å². The van der Waals surface area contributed by atoms with Gasteiger partial charge >= 0.3 is 0 Å². The third kappa shape index (κ3) is 3.14. The number of hydrogen-bond acceptors (Lipinski definition) is 4. The van der Waals surface area contributed by atoms with Gasteiger partial charge in [-0.05, 0) is 44.0 Å². The van der Waals surface area contributed by atoms with Gasteiger partial charge in [0.2, 0.25) is 5.75 Å². The molecule has 1 aromatic rings. The number of phenols is 2. The first kappa shape index (κ1) is 13.4. The molecule has 1 unspecified atom stereocenters. The molecule has 0 bridgehead atoms. The van der Waals surface area contributed by atoms with Crippen LogP contribution in [0.15, 0.2) is 24.0 Å². The SMILES string of the molecule is C/C=C(\C)Oc1cc(C(O)CC)cc(O)c1O. The average Bonchev–Trinajstić information content (AvgIpc) is 2.33. The number of aromatic hydroxyl groups is 2. The van der Waals surface area contributed by atoms with Crippen LogP contribution in [0.5, 0.6) is 17.2 Å². The predicted octanol–water partition coefficient (Wildman–Crippen LogP) is 2.84. The molecule has 0 aliphatic rings. The van der Waals surface area contributed by atoms with Gasteiger partial charge in [0.25, 0.3) is 0 Å². The second kappa shape index (κ2) is 5.59. The molecule has 17 heavy (non-hydrogen) atoms. The van der Waals surface area contributed by atoms with Gasteiger partial charge in [-0.2, -0.15) is 0 Å². The summed E-state index contributed by atoms with van der Waals surface area (Å²) in [7, 11) is 0. The standard InChI is InChI=1S/C13H18O4/c1-4-8(3)17-12-7-9(10(14)5-2)6-11(15)13(12)16/h4,6-7,10,14-16H,5H2,1-3H3/b8-4+. The average molecular weight is 238 g/mol. The molecule has 3 N–H and O–H groups in total. The highest BCUT2D eigenvalue weighted by molar-refractivity contribution is 5.52. The highest BCUT2D eigenvalue weighted by Gasteiger charge is 2.14. The topological polar surface area (TPSA) is 69.9 Å². The molecule has 94 valence electrons. The summed E-state index contributed by atoms with van der Waals surface area (Å²) < 4.78 is 5.35. The van der Waals surface area contributed by atoms with Crippen molar-refractivity contribution in [2.24, 2.45) is 0 Å². The lowest BCUT2D eigenvalue weighted by Gasteiger charge is -2.14. The number of hydrogen-bond donors (Lipinski definition) is 3. The Balaban J connectivity index is 3.15. The Morgan fingerprint density at radius 1 is 1.41 bits per heavy atom. The second-order valence-corrected chi connectivity index (χ2v) is 3.81. The molecule has 4 nitrogen and oxygen atoms in total. The van der Waals surface area contributed by atoms with E-state index in [-0.39, 0.29) is 17.2 Å². The van der Waals surface area contributed by atoms with E-state index in [4.69, 9.17) is 4.74 Å². The van der Waals surface area contributed by atoms with E-state index in [9.17, 15) is 15.3 Å². The minimum absolute atomic E-state index is 0.142. The molecule has 0 saturated carbocycles. The first-order chi connectivity index (χ1) is 7.99. The van der Waals surface area contributed by atoms with Crippen LogP contribution < -0.4 is 4.74 Å². The van der Waals surface area contributed by atoms with Crippen molar-refractivity contribution in [3.05, 3.63) is 29.5 Å². The number of allylic oxidation sites excluding steroid dienone is 2. The molecule has 0 aliphatic heterocycles. The fourth-order valence-corrected chi connectivity index (χ4v) is 1.35. The van der Waals surface area contributed by atoms with Gasteiger partial charge in [0.15, 0.2) is 11.5 Å². The van der Waals surface area contributed by atoms with Crippen LogP contribution in [0.2, 0.25) is 0 Å². The molecule has 1 aromatic carbocycles. The quantitative estimate of drug-likeness (QED) is 0.557. The van der Waals surface area contributed by atoms with Gasteiger partial charge in [-0.25, -0.2) is 0 Å². The molecule has 0 spiro atoms. The monoisotopic (exact) mass is 238 g/mol. The molecular formula is C13H18O4. The minimum Gasteiger partial charge on any atom is -0.504 e. The molecule has 4 heteroatoms. The van der Waals surface area contributed by atoms with E-state index >= 15 is 0 Å². The van der Waals surface area contributed by atoms with E-state index in [1.165, 1.54) is 12.1 Å². The number of phenolic OH excluding ortho intramolecular Hbond substituents is 2. The Bertz CT molecular complexity index is 424. The molecule has 0 fully saturated rings. The molecule has 0 aromatic heterocycles. The summed E-state index contributed by atoms with van der Waals surface area (Å²) in [6, 6.07) is 2.86. The van der Waals surface area contributed by atoms with Gasteiger partial charge in [0, 0.05) is 0 Å². The van der Waals surface area contributed by atoms with Crippen LogP contribution in [-0.2, 0) is 0 Å². The van der Waals surface area contributed by atoms with Gasteiger partial charge in [-0.1, -0.05) is 6.92 Å². The number of aliphatic hydroxyl groups is 1. The number of rotatable bonds is 4. The van der Waals surface area contributed by atoms with E-state index in [1.54, 1.807) is 19.9 Å². The van der Waals surface area contributed by atoms with Crippen molar-refractivity contribution in [1.82, 2.24) is 0 Å². The van der Waals surface area contributed by atoms with Crippen LogP contribution in [-0.4, -0.2) is 15.3 Å². The molecule has 0 heterocycles. The number of ether oxygens (including phenoxy) is 1. The first-order valence-electron chi connectivity index (χ1n) is 5.54. The number of aliphatic hydroxyl groups excluding tert-OH is 1. The van der Waals surface area contributed by atoms with Crippen molar-refractivity contribution in [2.45, 2.75) is 33.3 Å². The summed E-state index contributed by atoms with van der Waals surface area (Å²) in [6.07, 6.45) is 1.57.